The van der Waals surface area contributed by atoms with Crippen LogP contribution in [-0.4, -0.2) is 18.1 Å². The molecule has 17 heavy (non-hydrogen) atoms. The van der Waals surface area contributed by atoms with E-state index in [1.165, 1.54) is 16.8 Å². The van der Waals surface area contributed by atoms with Crippen LogP contribution in [-0.2, 0) is 0 Å². The van der Waals surface area contributed by atoms with E-state index in [1.54, 1.807) is 5.57 Å². The first-order valence-electron chi connectivity index (χ1n) is 6.35. The Kier molecular flexibility index (Phi) is 2.63. The Bertz CT molecular complexity index is 458. The quantitative estimate of drug-likeness (QED) is 0.773. The molecule has 1 atom stereocenters. The Labute approximate surface area is 102 Å². The molecule has 1 aromatic rings. The number of hydrogen-bond donors (Lipinski definition) is 2. The van der Waals surface area contributed by atoms with Crippen LogP contribution in [0.4, 0.5) is 0 Å². The molecule has 0 aliphatic carbocycles. The average Bonchev–Trinajstić information content (AvgIpc) is 2.72. The normalized spacial score (nSPS) is 23.5. The van der Waals surface area contributed by atoms with Gasteiger partial charge in [-0.2, -0.15) is 0 Å². The summed E-state index contributed by atoms with van der Waals surface area (Å²) in [5.74, 6) is 0. The summed E-state index contributed by atoms with van der Waals surface area (Å²) in [6.07, 6.45) is 4.31. The van der Waals surface area contributed by atoms with E-state index < -0.39 is 0 Å². The number of hydrogen-bond acceptors (Lipinski definition) is 3. The van der Waals surface area contributed by atoms with Crippen molar-refractivity contribution in [2.75, 3.05) is 13.1 Å². The van der Waals surface area contributed by atoms with Crippen molar-refractivity contribution in [3.05, 3.63) is 40.4 Å². The van der Waals surface area contributed by atoms with Crippen LogP contribution in [0.15, 0.2) is 23.5 Å². The molecule has 0 saturated heterocycles. The molecule has 3 nitrogen and oxygen atoms in total. The van der Waals surface area contributed by atoms with Crippen LogP contribution in [0.5, 0.6) is 0 Å². The van der Waals surface area contributed by atoms with Crippen molar-refractivity contribution in [3.8, 4) is 0 Å². The minimum Gasteiger partial charge on any atom is -0.381 e. The maximum absolute atomic E-state index is 4.43. The monoisotopic (exact) mass is 229 g/mol. The zero-order valence-electron chi connectivity index (χ0n) is 10.5. The van der Waals surface area contributed by atoms with Gasteiger partial charge in [0, 0.05) is 30.7 Å². The van der Waals surface area contributed by atoms with Crippen molar-refractivity contribution in [2.24, 2.45) is 0 Å². The molecule has 0 aromatic carbocycles. The Morgan fingerprint density at radius 2 is 2.24 bits per heavy atom. The highest BCUT2D eigenvalue weighted by Gasteiger charge is 2.27. The lowest BCUT2D eigenvalue weighted by atomic mass is 9.99. The van der Waals surface area contributed by atoms with Crippen LogP contribution in [0.2, 0.25) is 0 Å². The number of aromatic nitrogens is 1. The molecule has 3 heteroatoms. The first kappa shape index (κ1) is 10.8. The summed E-state index contributed by atoms with van der Waals surface area (Å²) < 4.78 is 0. The fourth-order valence-corrected chi connectivity index (χ4v) is 2.87. The molecule has 1 unspecified atom stereocenters. The van der Waals surface area contributed by atoms with Gasteiger partial charge in [-0.25, -0.2) is 0 Å². The second-order valence-corrected chi connectivity index (χ2v) is 5.09. The third-order valence-electron chi connectivity index (χ3n) is 3.78. The molecule has 0 amide bonds. The molecule has 0 saturated carbocycles. The number of nitrogens with one attached hydrogen (secondary N) is 2. The van der Waals surface area contributed by atoms with E-state index >= 15 is 0 Å². The van der Waals surface area contributed by atoms with Gasteiger partial charge in [0.2, 0.25) is 0 Å². The lowest BCUT2D eigenvalue weighted by Crippen LogP contribution is -2.25. The summed E-state index contributed by atoms with van der Waals surface area (Å²) in [6, 6.07) is 2.61. The molecular weight excluding hydrogens is 210 g/mol. The number of aryl methyl sites for hydroxylation is 2. The minimum atomic E-state index is 0.438. The molecule has 3 rings (SSSR count). The highest BCUT2D eigenvalue weighted by atomic mass is 15.0. The van der Waals surface area contributed by atoms with Gasteiger partial charge >= 0.3 is 0 Å². The molecule has 2 N–H and O–H groups in total. The fourth-order valence-electron chi connectivity index (χ4n) is 2.87. The summed E-state index contributed by atoms with van der Waals surface area (Å²) in [4.78, 5) is 4.43. The van der Waals surface area contributed by atoms with Crippen LogP contribution < -0.4 is 10.6 Å². The summed E-state index contributed by atoms with van der Waals surface area (Å²) in [6.45, 7) is 6.38. The summed E-state index contributed by atoms with van der Waals surface area (Å²) >= 11 is 0. The third kappa shape index (κ3) is 1.95. The largest absolute Gasteiger partial charge is 0.381 e. The first-order chi connectivity index (χ1) is 8.24. The van der Waals surface area contributed by atoms with Gasteiger partial charge < -0.3 is 10.6 Å². The van der Waals surface area contributed by atoms with Crippen molar-refractivity contribution in [3.63, 3.8) is 0 Å². The van der Waals surface area contributed by atoms with E-state index in [0.29, 0.717) is 6.04 Å². The molecule has 0 spiro atoms. The molecule has 0 bridgehead atoms. The zero-order valence-corrected chi connectivity index (χ0v) is 10.5. The summed E-state index contributed by atoms with van der Waals surface area (Å²) in [5, 5.41) is 7.11. The highest BCUT2D eigenvalue weighted by molar-refractivity contribution is 5.35. The Morgan fingerprint density at radius 3 is 3.00 bits per heavy atom. The Hall–Kier alpha value is -1.35. The van der Waals surface area contributed by atoms with E-state index in [9.17, 15) is 0 Å². The van der Waals surface area contributed by atoms with Gasteiger partial charge in [-0.15, -0.1) is 0 Å². The Morgan fingerprint density at radius 1 is 1.35 bits per heavy atom. The second kappa shape index (κ2) is 4.15. The fraction of sp³-hybridized carbons (Fsp3) is 0.500. The maximum atomic E-state index is 4.43. The summed E-state index contributed by atoms with van der Waals surface area (Å²) in [7, 11) is 0. The average molecular weight is 229 g/mol. The molecule has 3 heterocycles. The molecular formula is C14H19N3. The second-order valence-electron chi connectivity index (χ2n) is 5.09. The Balaban J connectivity index is 1.84. The lowest BCUT2D eigenvalue weighted by Gasteiger charge is -2.16. The summed E-state index contributed by atoms with van der Waals surface area (Å²) in [5.41, 5.74) is 6.83. The molecule has 2 aliphatic heterocycles. The predicted octanol–water partition coefficient (Wildman–Crippen LogP) is 1.98. The van der Waals surface area contributed by atoms with Crippen LogP contribution in [0.25, 0.3) is 0 Å². The van der Waals surface area contributed by atoms with E-state index in [4.69, 9.17) is 0 Å². The SMILES string of the molecule is Cc1cc(C)c(C2CC3=C(CCNC3)N2)cn1. The first-order valence-corrected chi connectivity index (χ1v) is 6.35. The van der Waals surface area contributed by atoms with E-state index in [-0.39, 0.29) is 0 Å². The van der Waals surface area contributed by atoms with Crippen LogP contribution in [0.3, 0.4) is 0 Å². The highest BCUT2D eigenvalue weighted by Crippen LogP contribution is 2.33. The van der Waals surface area contributed by atoms with Crippen molar-refractivity contribution in [2.45, 2.75) is 32.7 Å². The van der Waals surface area contributed by atoms with Gasteiger partial charge in [0.15, 0.2) is 0 Å². The van der Waals surface area contributed by atoms with Gasteiger partial charge in [-0.3, -0.25) is 4.98 Å². The number of pyridine rings is 1. The number of nitrogens with zero attached hydrogens (tertiary/aromatic N) is 1. The molecule has 90 valence electrons. The zero-order chi connectivity index (χ0) is 11.8. The van der Waals surface area contributed by atoms with Crippen molar-refractivity contribution >= 4 is 0 Å². The van der Waals surface area contributed by atoms with Gasteiger partial charge in [-0.05, 0) is 49.5 Å². The third-order valence-corrected chi connectivity index (χ3v) is 3.78. The smallest absolute Gasteiger partial charge is 0.0567 e. The van der Waals surface area contributed by atoms with Crippen molar-refractivity contribution < 1.29 is 0 Å². The topological polar surface area (TPSA) is 37.0 Å². The number of rotatable bonds is 1. The van der Waals surface area contributed by atoms with E-state index in [1.807, 2.05) is 13.1 Å². The van der Waals surface area contributed by atoms with Gasteiger partial charge in [0.25, 0.3) is 0 Å². The van der Waals surface area contributed by atoms with Crippen LogP contribution in [0.1, 0.15) is 35.7 Å². The molecule has 1 aromatic heterocycles. The lowest BCUT2D eigenvalue weighted by molar-refractivity contribution is 0.628. The molecule has 0 fully saturated rings. The maximum Gasteiger partial charge on any atom is 0.0567 e. The van der Waals surface area contributed by atoms with Crippen molar-refractivity contribution in [1.29, 1.82) is 0 Å². The van der Waals surface area contributed by atoms with Crippen LogP contribution in [0, 0.1) is 13.8 Å². The predicted molar refractivity (Wildman–Crippen MR) is 68.7 cm³/mol. The van der Waals surface area contributed by atoms with Crippen molar-refractivity contribution in [1.82, 2.24) is 15.6 Å². The van der Waals surface area contributed by atoms with E-state index in [0.717, 1.165) is 31.6 Å². The van der Waals surface area contributed by atoms with Gasteiger partial charge in [-0.1, -0.05) is 0 Å². The molecule has 2 aliphatic rings. The minimum absolute atomic E-state index is 0.438. The van der Waals surface area contributed by atoms with Gasteiger partial charge in [0.1, 0.15) is 0 Å². The molecule has 0 radical (unpaired) electrons. The van der Waals surface area contributed by atoms with Crippen LogP contribution >= 0.6 is 0 Å². The standard InChI is InChI=1S/C14H19N3/c1-9-5-10(2)16-8-12(9)14-6-11-7-15-4-3-13(11)17-14/h5,8,14-15,17H,3-4,6-7H2,1-2H3. The van der Waals surface area contributed by atoms with Gasteiger partial charge in [0.05, 0.1) is 6.04 Å². The van der Waals surface area contributed by atoms with E-state index in [2.05, 4.69) is 28.6 Å².